The van der Waals surface area contributed by atoms with Crippen molar-refractivity contribution in [2.24, 2.45) is 0 Å². The molecule has 26 heavy (non-hydrogen) atoms. The number of benzene rings is 1. The van der Waals surface area contributed by atoms with Crippen LogP contribution in [0.2, 0.25) is 0 Å². The lowest BCUT2D eigenvalue weighted by atomic mass is 10.0. The third-order valence-electron chi connectivity index (χ3n) is 4.66. The first-order valence-electron chi connectivity index (χ1n) is 8.43. The summed E-state index contributed by atoms with van der Waals surface area (Å²) in [5, 5.41) is 5.46. The Kier molecular flexibility index (Phi) is 4.38. The zero-order valence-corrected chi connectivity index (χ0v) is 14.3. The van der Waals surface area contributed by atoms with Crippen molar-refractivity contribution in [3.63, 3.8) is 0 Å². The third-order valence-corrected chi connectivity index (χ3v) is 4.66. The lowest BCUT2D eigenvalue weighted by Crippen LogP contribution is -2.11. The highest BCUT2D eigenvalue weighted by atomic mass is 19.1. The van der Waals surface area contributed by atoms with Gasteiger partial charge in [-0.2, -0.15) is 5.10 Å². The molecule has 0 aliphatic carbocycles. The van der Waals surface area contributed by atoms with E-state index in [2.05, 4.69) is 4.98 Å². The van der Waals surface area contributed by atoms with E-state index in [4.69, 9.17) is 14.6 Å². The van der Waals surface area contributed by atoms with Crippen LogP contribution in [-0.4, -0.2) is 41.1 Å². The minimum absolute atomic E-state index is 0.130. The van der Waals surface area contributed by atoms with Gasteiger partial charge < -0.3 is 9.47 Å². The second-order valence-electron chi connectivity index (χ2n) is 6.27. The molecule has 0 bridgehead atoms. The van der Waals surface area contributed by atoms with Crippen molar-refractivity contribution in [2.75, 3.05) is 20.3 Å². The predicted molar refractivity (Wildman–Crippen MR) is 92.5 cm³/mol. The minimum Gasteiger partial charge on any atom is -0.465 e. The second kappa shape index (κ2) is 6.84. The van der Waals surface area contributed by atoms with Gasteiger partial charge in [-0.1, -0.05) is 0 Å². The molecule has 6 nitrogen and oxygen atoms in total. The average molecular weight is 355 g/mol. The number of aromatic nitrogens is 3. The Balaban J connectivity index is 1.80. The van der Waals surface area contributed by atoms with Crippen molar-refractivity contribution in [3.05, 3.63) is 59.3 Å². The highest BCUT2D eigenvalue weighted by molar-refractivity contribution is 5.91. The topological polar surface area (TPSA) is 66.2 Å². The van der Waals surface area contributed by atoms with Crippen molar-refractivity contribution >= 4 is 16.9 Å². The standard InChI is InChI=1S/C19H18FN3O3/c1-25-19(24)15-4-6-21-10-12(15)8-17-16-9-13(20)2-3-18(16)23(22-17)14-5-7-26-11-14/h2-4,6,9-10,14H,5,7-8,11H2,1H3. The maximum Gasteiger partial charge on any atom is 0.338 e. The first-order chi connectivity index (χ1) is 12.7. The Labute approximate surface area is 149 Å². The summed E-state index contributed by atoms with van der Waals surface area (Å²) in [6, 6.07) is 6.41. The van der Waals surface area contributed by atoms with Crippen molar-refractivity contribution < 1.29 is 18.7 Å². The molecule has 0 saturated carbocycles. The van der Waals surface area contributed by atoms with Crippen LogP contribution in [-0.2, 0) is 15.9 Å². The predicted octanol–water partition coefficient (Wildman–Crippen LogP) is 2.91. The van der Waals surface area contributed by atoms with Crippen LogP contribution in [0.15, 0.2) is 36.7 Å². The van der Waals surface area contributed by atoms with Crippen molar-refractivity contribution in [2.45, 2.75) is 18.9 Å². The number of ether oxygens (including phenoxy) is 2. The van der Waals surface area contributed by atoms with E-state index in [0.29, 0.717) is 36.5 Å². The number of hydrogen-bond donors (Lipinski definition) is 0. The molecular weight excluding hydrogens is 337 g/mol. The average Bonchev–Trinajstić information content (AvgIpc) is 3.30. The smallest absolute Gasteiger partial charge is 0.338 e. The lowest BCUT2D eigenvalue weighted by molar-refractivity contribution is 0.0599. The fraction of sp³-hybridized carbons (Fsp3) is 0.316. The van der Waals surface area contributed by atoms with Crippen LogP contribution in [0, 0.1) is 5.82 Å². The fourth-order valence-corrected chi connectivity index (χ4v) is 3.36. The maximum atomic E-state index is 13.9. The summed E-state index contributed by atoms with van der Waals surface area (Å²) >= 11 is 0. The molecule has 3 aromatic rings. The molecule has 0 spiro atoms. The highest BCUT2D eigenvalue weighted by Crippen LogP contribution is 2.28. The Hall–Kier alpha value is -2.80. The summed E-state index contributed by atoms with van der Waals surface area (Å²) in [6.45, 7) is 1.28. The number of fused-ring (bicyclic) bond motifs is 1. The van der Waals surface area contributed by atoms with Crippen LogP contribution in [0.5, 0.6) is 0 Å². The molecule has 4 rings (SSSR count). The summed E-state index contributed by atoms with van der Waals surface area (Å²) in [4.78, 5) is 16.1. The Morgan fingerprint density at radius 1 is 1.42 bits per heavy atom. The molecular formula is C19H18FN3O3. The molecule has 1 atom stereocenters. The first kappa shape index (κ1) is 16.7. The zero-order valence-electron chi connectivity index (χ0n) is 14.3. The summed E-state index contributed by atoms with van der Waals surface area (Å²) in [6.07, 6.45) is 4.39. The van der Waals surface area contributed by atoms with Gasteiger partial charge in [-0.05, 0) is 36.2 Å². The number of rotatable bonds is 4. The number of hydrogen-bond acceptors (Lipinski definition) is 5. The van der Waals surface area contributed by atoms with E-state index in [9.17, 15) is 9.18 Å². The van der Waals surface area contributed by atoms with E-state index in [1.165, 1.54) is 19.2 Å². The normalized spacial score (nSPS) is 16.9. The van der Waals surface area contributed by atoms with Crippen LogP contribution in [0.4, 0.5) is 4.39 Å². The third kappa shape index (κ3) is 2.94. The SMILES string of the molecule is COC(=O)c1ccncc1Cc1nn(C2CCOC2)c2ccc(F)cc12. The van der Waals surface area contributed by atoms with Crippen molar-refractivity contribution in [1.82, 2.24) is 14.8 Å². The van der Waals surface area contributed by atoms with E-state index < -0.39 is 5.97 Å². The van der Waals surface area contributed by atoms with Crippen LogP contribution < -0.4 is 0 Å². The molecule has 7 heteroatoms. The molecule has 1 saturated heterocycles. The van der Waals surface area contributed by atoms with Gasteiger partial charge in [0, 0.05) is 30.8 Å². The van der Waals surface area contributed by atoms with E-state index >= 15 is 0 Å². The zero-order chi connectivity index (χ0) is 18.1. The van der Waals surface area contributed by atoms with E-state index in [1.54, 1.807) is 24.5 Å². The molecule has 1 aliphatic heterocycles. The van der Waals surface area contributed by atoms with Gasteiger partial charge >= 0.3 is 5.97 Å². The van der Waals surface area contributed by atoms with E-state index in [-0.39, 0.29) is 11.9 Å². The van der Waals surface area contributed by atoms with Gasteiger partial charge in [-0.25, -0.2) is 9.18 Å². The van der Waals surface area contributed by atoms with E-state index in [1.807, 2.05) is 4.68 Å². The van der Waals surface area contributed by atoms with Gasteiger partial charge in [0.2, 0.25) is 0 Å². The molecule has 0 N–H and O–H groups in total. The highest BCUT2D eigenvalue weighted by Gasteiger charge is 2.23. The molecule has 3 heterocycles. The van der Waals surface area contributed by atoms with Gasteiger partial charge in [0.15, 0.2) is 0 Å². The molecule has 1 aromatic carbocycles. The Bertz CT molecular complexity index is 964. The van der Waals surface area contributed by atoms with Crippen LogP contribution in [0.1, 0.15) is 34.1 Å². The number of carbonyl (C=O) groups excluding carboxylic acids is 1. The summed E-state index contributed by atoms with van der Waals surface area (Å²) < 4.78 is 26.1. The number of nitrogens with zero attached hydrogens (tertiary/aromatic N) is 3. The molecule has 1 unspecified atom stereocenters. The monoisotopic (exact) mass is 355 g/mol. The Morgan fingerprint density at radius 2 is 2.31 bits per heavy atom. The fourth-order valence-electron chi connectivity index (χ4n) is 3.36. The maximum absolute atomic E-state index is 13.9. The largest absolute Gasteiger partial charge is 0.465 e. The van der Waals surface area contributed by atoms with Gasteiger partial charge in [-0.15, -0.1) is 0 Å². The summed E-state index contributed by atoms with van der Waals surface area (Å²) in [7, 11) is 1.34. The first-order valence-corrected chi connectivity index (χ1v) is 8.43. The van der Waals surface area contributed by atoms with E-state index in [0.717, 1.165) is 17.3 Å². The van der Waals surface area contributed by atoms with Gasteiger partial charge in [0.25, 0.3) is 0 Å². The molecule has 0 amide bonds. The quantitative estimate of drug-likeness (QED) is 0.673. The Morgan fingerprint density at radius 3 is 3.08 bits per heavy atom. The summed E-state index contributed by atoms with van der Waals surface area (Å²) in [5.41, 5.74) is 2.69. The molecule has 134 valence electrons. The van der Waals surface area contributed by atoms with Crippen LogP contribution in [0.25, 0.3) is 10.9 Å². The van der Waals surface area contributed by atoms with Crippen molar-refractivity contribution in [3.8, 4) is 0 Å². The number of methoxy groups -OCH3 is 1. The lowest BCUT2D eigenvalue weighted by Gasteiger charge is -2.09. The number of esters is 1. The molecule has 2 aromatic heterocycles. The van der Waals surface area contributed by atoms with Gasteiger partial charge in [0.1, 0.15) is 5.82 Å². The molecule has 1 fully saturated rings. The summed E-state index contributed by atoms with van der Waals surface area (Å²) in [5.74, 6) is -0.748. The van der Waals surface area contributed by atoms with Crippen LogP contribution in [0.3, 0.4) is 0 Å². The number of halogens is 1. The molecule has 0 radical (unpaired) electrons. The molecule has 1 aliphatic rings. The number of carbonyl (C=O) groups is 1. The van der Waals surface area contributed by atoms with Crippen molar-refractivity contribution in [1.29, 1.82) is 0 Å². The van der Waals surface area contributed by atoms with Crippen LogP contribution >= 0.6 is 0 Å². The number of pyridine rings is 1. The second-order valence-corrected chi connectivity index (χ2v) is 6.27. The van der Waals surface area contributed by atoms with Gasteiger partial charge in [0.05, 0.1) is 36.5 Å². The van der Waals surface area contributed by atoms with Gasteiger partial charge in [-0.3, -0.25) is 9.67 Å². The minimum atomic E-state index is -0.429.